The summed E-state index contributed by atoms with van der Waals surface area (Å²) in [5, 5.41) is 9.18. The van der Waals surface area contributed by atoms with Gasteiger partial charge in [-0.25, -0.2) is 0 Å². The molecule has 0 aliphatic heterocycles. The molecule has 200 valence electrons. The molecule has 0 fully saturated rings. The van der Waals surface area contributed by atoms with Gasteiger partial charge in [-0.05, 0) is 77.8 Å². The van der Waals surface area contributed by atoms with E-state index in [0.717, 1.165) is 47.8 Å². The first-order valence-corrected chi connectivity index (χ1v) is 15.2. The number of fused-ring (bicyclic) bond motifs is 9. The molecule has 0 aliphatic rings. The van der Waals surface area contributed by atoms with Crippen molar-refractivity contribution in [2.24, 2.45) is 0 Å². The van der Waals surface area contributed by atoms with Gasteiger partial charge in [0.05, 0.1) is 6.85 Å². The van der Waals surface area contributed by atoms with Gasteiger partial charge in [0.2, 0.25) is 0 Å². The highest BCUT2D eigenvalue weighted by atomic mass is 32.1. The molecule has 0 saturated carbocycles. The molecule has 0 radical (unpaired) electrons. The van der Waals surface area contributed by atoms with Crippen molar-refractivity contribution in [2.75, 3.05) is 0 Å². The lowest BCUT2D eigenvalue weighted by Gasteiger charge is -2.19. The number of benzene rings is 8. The second-order valence-electron chi connectivity index (χ2n) is 10.8. The Morgan fingerprint density at radius 3 is 1.67 bits per heavy atom. The molecule has 9 aromatic rings. The van der Waals surface area contributed by atoms with Crippen LogP contribution in [0.2, 0.25) is 0 Å². The maximum Gasteiger partial charge on any atom is 0.0629 e. The van der Waals surface area contributed by atoms with Gasteiger partial charge >= 0.3 is 0 Å². The van der Waals surface area contributed by atoms with Crippen LogP contribution in [0.4, 0.5) is 0 Å². The Kier molecular flexibility index (Phi) is 4.45. The predicted octanol–water partition coefficient (Wildman–Crippen LogP) is 12.5. The van der Waals surface area contributed by atoms with Crippen LogP contribution >= 0.6 is 11.3 Å². The third-order valence-electron chi connectivity index (χ3n) is 8.57. The van der Waals surface area contributed by atoms with Crippen molar-refractivity contribution in [3.63, 3.8) is 0 Å². The Bertz CT molecular complexity index is 2720. The zero-order valence-corrected chi connectivity index (χ0v) is 23.8. The lowest BCUT2D eigenvalue weighted by atomic mass is 9.84. The van der Waals surface area contributed by atoms with Crippen molar-refractivity contribution in [3.8, 4) is 33.4 Å². The van der Waals surface area contributed by atoms with Gasteiger partial charge in [-0.1, -0.05) is 145 Å². The Hall–Kier alpha value is -5.24. The minimum atomic E-state index is -0.396. The van der Waals surface area contributed by atoms with Gasteiger partial charge in [-0.15, -0.1) is 11.3 Å². The molecular weight excluding hydrogens is 537 g/mol. The van der Waals surface area contributed by atoms with E-state index in [0.29, 0.717) is 5.56 Å². The summed E-state index contributed by atoms with van der Waals surface area (Å²) in [7, 11) is 0. The van der Waals surface area contributed by atoms with Crippen LogP contribution in [-0.4, -0.2) is 0 Å². The monoisotopic (exact) mass is 567 g/mol. The lowest BCUT2D eigenvalue weighted by molar-refractivity contribution is 1.61. The maximum absolute atomic E-state index is 8.99. The fourth-order valence-electron chi connectivity index (χ4n) is 6.81. The number of rotatable bonds is 3. The van der Waals surface area contributed by atoms with Crippen LogP contribution in [0.25, 0.3) is 85.9 Å². The van der Waals surface area contributed by atoms with Gasteiger partial charge < -0.3 is 0 Å². The molecular formula is C42H26S. The second-order valence-corrected chi connectivity index (χ2v) is 11.9. The SMILES string of the molecule is [2H]c1c([2H])c([2H])c(-c2ccc3sc4ccccc4c3c2-c2ccccc2-c2cccc3c4ccccc4c4ccccc4c23)c([2H])c1[2H]. The average molecular weight is 568 g/mol. The lowest BCUT2D eigenvalue weighted by Crippen LogP contribution is -1.92. The summed E-state index contributed by atoms with van der Waals surface area (Å²) < 4.78 is 45.5. The number of thiophene rings is 1. The normalized spacial score (nSPS) is 13.3. The number of hydrogen-bond acceptors (Lipinski definition) is 1. The summed E-state index contributed by atoms with van der Waals surface area (Å²) in [5.41, 5.74) is 4.72. The summed E-state index contributed by atoms with van der Waals surface area (Å²) in [6.45, 7) is 0. The third kappa shape index (κ3) is 3.69. The van der Waals surface area contributed by atoms with E-state index in [-0.39, 0.29) is 29.7 Å². The highest BCUT2D eigenvalue weighted by Crippen LogP contribution is 2.49. The van der Waals surface area contributed by atoms with E-state index >= 15 is 0 Å². The molecule has 1 heteroatoms. The average Bonchev–Trinajstić information content (AvgIpc) is 3.52. The van der Waals surface area contributed by atoms with Gasteiger partial charge in [0.25, 0.3) is 0 Å². The van der Waals surface area contributed by atoms with Gasteiger partial charge in [0, 0.05) is 20.2 Å². The van der Waals surface area contributed by atoms with Gasteiger partial charge in [0.15, 0.2) is 0 Å². The number of hydrogen-bond donors (Lipinski definition) is 0. The zero-order chi connectivity index (χ0) is 32.7. The van der Waals surface area contributed by atoms with Gasteiger partial charge in [0.1, 0.15) is 0 Å². The topological polar surface area (TPSA) is 0 Å². The van der Waals surface area contributed by atoms with E-state index < -0.39 is 6.04 Å². The molecule has 1 aromatic heterocycles. The van der Waals surface area contributed by atoms with Crippen LogP contribution in [0.1, 0.15) is 6.85 Å². The largest absolute Gasteiger partial charge is 0.135 e. The maximum atomic E-state index is 8.99. The van der Waals surface area contributed by atoms with E-state index in [1.165, 1.54) is 26.9 Å². The van der Waals surface area contributed by atoms with Crippen molar-refractivity contribution >= 4 is 63.8 Å². The Balaban J connectivity index is 1.47. The molecule has 0 aliphatic carbocycles. The molecule has 0 amide bonds. The zero-order valence-electron chi connectivity index (χ0n) is 28.0. The Morgan fingerprint density at radius 1 is 0.372 bits per heavy atom. The molecule has 0 nitrogen and oxygen atoms in total. The summed E-state index contributed by atoms with van der Waals surface area (Å²) >= 11 is 1.70. The van der Waals surface area contributed by atoms with Crippen LogP contribution in [-0.2, 0) is 0 Å². The smallest absolute Gasteiger partial charge is 0.0629 e. The van der Waals surface area contributed by atoms with Crippen molar-refractivity contribution in [3.05, 3.63) is 158 Å². The van der Waals surface area contributed by atoms with E-state index in [4.69, 9.17) is 6.85 Å². The third-order valence-corrected chi connectivity index (χ3v) is 9.70. The first-order chi connectivity index (χ1) is 23.4. The first-order valence-electron chi connectivity index (χ1n) is 16.9. The Morgan fingerprint density at radius 2 is 0.930 bits per heavy atom. The molecule has 0 atom stereocenters. The predicted molar refractivity (Wildman–Crippen MR) is 188 cm³/mol. The van der Waals surface area contributed by atoms with Crippen molar-refractivity contribution < 1.29 is 6.85 Å². The summed E-state index contributed by atoms with van der Waals surface area (Å²) in [6, 6.07) is 42.7. The highest BCUT2D eigenvalue weighted by Gasteiger charge is 2.21. The molecule has 0 N–H and O–H groups in total. The van der Waals surface area contributed by atoms with E-state index in [2.05, 4.69) is 97.1 Å². The van der Waals surface area contributed by atoms with E-state index in [1.54, 1.807) is 11.3 Å². The van der Waals surface area contributed by atoms with Crippen molar-refractivity contribution in [2.45, 2.75) is 0 Å². The summed E-state index contributed by atoms with van der Waals surface area (Å²) in [5.74, 6) is 0. The van der Waals surface area contributed by atoms with Gasteiger partial charge in [-0.2, -0.15) is 0 Å². The highest BCUT2D eigenvalue weighted by molar-refractivity contribution is 7.26. The van der Waals surface area contributed by atoms with Crippen LogP contribution in [0, 0.1) is 0 Å². The first kappa shape index (κ1) is 19.8. The van der Waals surface area contributed by atoms with E-state index in [1.807, 2.05) is 30.3 Å². The molecule has 43 heavy (non-hydrogen) atoms. The van der Waals surface area contributed by atoms with Crippen molar-refractivity contribution in [1.29, 1.82) is 0 Å². The van der Waals surface area contributed by atoms with Crippen molar-refractivity contribution in [1.82, 2.24) is 0 Å². The standard InChI is InChI=1S/C42H26S/c1-2-13-27(14-3-1)28-25-26-39-42(37-21-10-11-24-38(37)43-39)41(28)36-20-9-7-18-32(36)35-23-12-22-34-31-16-5-4-15-29(31)30-17-6-8-19-33(30)40(34)35/h1-26H/i1D,2D,3D,13D,14D. The molecule has 0 spiro atoms. The summed E-state index contributed by atoms with van der Waals surface area (Å²) in [4.78, 5) is 0. The van der Waals surface area contributed by atoms with Crippen LogP contribution in [0.15, 0.2) is 158 Å². The minimum absolute atomic E-state index is 0.206. The molecule has 0 saturated heterocycles. The summed E-state index contributed by atoms with van der Waals surface area (Å²) in [6.07, 6.45) is 0. The van der Waals surface area contributed by atoms with Crippen LogP contribution in [0.5, 0.6) is 0 Å². The molecule has 9 rings (SSSR count). The van der Waals surface area contributed by atoms with E-state index in [9.17, 15) is 0 Å². The quantitative estimate of drug-likeness (QED) is 0.186. The Labute approximate surface area is 261 Å². The minimum Gasteiger partial charge on any atom is -0.135 e. The molecule has 0 bridgehead atoms. The second kappa shape index (κ2) is 9.66. The van der Waals surface area contributed by atoms with Gasteiger partial charge in [-0.3, -0.25) is 0 Å². The molecule has 1 heterocycles. The molecule has 8 aromatic carbocycles. The fourth-order valence-corrected chi connectivity index (χ4v) is 7.92. The van der Waals surface area contributed by atoms with Crippen LogP contribution < -0.4 is 0 Å². The van der Waals surface area contributed by atoms with Crippen LogP contribution in [0.3, 0.4) is 0 Å². The fraction of sp³-hybridized carbons (Fsp3) is 0. The molecule has 0 unspecified atom stereocenters.